The molecule has 0 aliphatic carbocycles. The maximum absolute atomic E-state index is 13.0. The van der Waals surface area contributed by atoms with Crippen molar-refractivity contribution < 1.29 is 22.3 Å². The van der Waals surface area contributed by atoms with Crippen LogP contribution in [0.2, 0.25) is 0 Å². The van der Waals surface area contributed by atoms with Gasteiger partial charge in [-0.25, -0.2) is 4.39 Å². The lowest BCUT2D eigenvalue weighted by molar-refractivity contribution is -0.138. The molecule has 1 aliphatic heterocycles. The van der Waals surface area contributed by atoms with Gasteiger partial charge in [0.05, 0.1) is 11.7 Å². The van der Waals surface area contributed by atoms with Gasteiger partial charge in [0, 0.05) is 13.2 Å². The Morgan fingerprint density at radius 1 is 1.24 bits per heavy atom. The molecule has 1 N–H and O–H groups in total. The average Bonchev–Trinajstić information content (AvgIpc) is 2.45. The fourth-order valence-electron chi connectivity index (χ4n) is 2.49. The van der Waals surface area contributed by atoms with E-state index in [2.05, 4.69) is 5.32 Å². The van der Waals surface area contributed by atoms with Crippen molar-refractivity contribution in [3.63, 3.8) is 0 Å². The Balaban J connectivity index is 1.85. The molecule has 1 aliphatic rings. The lowest BCUT2D eigenvalue weighted by Crippen LogP contribution is -2.25. The summed E-state index contributed by atoms with van der Waals surface area (Å²) in [5.74, 6) is -0.873. The highest BCUT2D eigenvalue weighted by atomic mass is 19.4. The third-order valence-electron chi connectivity index (χ3n) is 3.61. The van der Waals surface area contributed by atoms with E-state index in [4.69, 9.17) is 4.74 Å². The van der Waals surface area contributed by atoms with Crippen molar-refractivity contribution >= 4 is 0 Å². The highest BCUT2D eigenvalue weighted by Crippen LogP contribution is 2.32. The second kappa shape index (κ2) is 7.22. The molecule has 1 atom stereocenters. The number of nitrogens with one attached hydrogen (secondary N) is 1. The van der Waals surface area contributed by atoms with Gasteiger partial charge in [0.15, 0.2) is 0 Å². The minimum atomic E-state index is -4.54. The van der Waals surface area contributed by atoms with Crippen LogP contribution in [-0.2, 0) is 17.5 Å². The van der Waals surface area contributed by atoms with E-state index in [1.54, 1.807) is 0 Å². The van der Waals surface area contributed by atoms with Crippen molar-refractivity contribution in [2.75, 3.05) is 13.2 Å². The second-order valence-electron chi connectivity index (χ2n) is 5.25. The number of rotatable bonds is 5. The number of halogens is 4. The van der Waals surface area contributed by atoms with Crippen LogP contribution in [0.5, 0.6) is 0 Å². The van der Waals surface area contributed by atoms with Gasteiger partial charge < -0.3 is 10.1 Å². The monoisotopic (exact) mass is 305 g/mol. The van der Waals surface area contributed by atoms with Gasteiger partial charge in [-0.2, -0.15) is 13.2 Å². The van der Waals surface area contributed by atoms with Crippen LogP contribution in [0.15, 0.2) is 18.2 Å². The zero-order valence-corrected chi connectivity index (χ0v) is 11.7. The molecule has 0 radical (unpaired) electrons. The standard InChI is InChI=1S/C15H19F4NO/c16-12-5-4-11(14(9-12)15(17,18)19)10-20-7-6-13-3-1-2-8-21-13/h4-5,9,13,20H,1-3,6-8,10H2. The normalized spacial score (nSPS) is 19.7. The van der Waals surface area contributed by atoms with Gasteiger partial charge in [-0.1, -0.05) is 6.07 Å². The summed E-state index contributed by atoms with van der Waals surface area (Å²) in [5.41, 5.74) is -0.850. The van der Waals surface area contributed by atoms with Crippen LogP contribution >= 0.6 is 0 Å². The third-order valence-corrected chi connectivity index (χ3v) is 3.61. The first-order chi connectivity index (χ1) is 9.97. The minimum absolute atomic E-state index is 0.0634. The van der Waals surface area contributed by atoms with E-state index in [1.165, 1.54) is 6.07 Å². The van der Waals surface area contributed by atoms with Gasteiger partial charge in [-0.3, -0.25) is 0 Å². The fourth-order valence-corrected chi connectivity index (χ4v) is 2.49. The quantitative estimate of drug-likeness (QED) is 0.658. The second-order valence-corrected chi connectivity index (χ2v) is 5.25. The molecule has 1 heterocycles. The maximum Gasteiger partial charge on any atom is 0.416 e. The molecule has 1 aromatic carbocycles. The van der Waals surface area contributed by atoms with Crippen LogP contribution in [0.25, 0.3) is 0 Å². The zero-order chi connectivity index (χ0) is 15.3. The van der Waals surface area contributed by atoms with Gasteiger partial charge in [0.25, 0.3) is 0 Å². The molecule has 2 rings (SSSR count). The first-order valence-electron chi connectivity index (χ1n) is 7.15. The molecule has 6 heteroatoms. The SMILES string of the molecule is Fc1ccc(CNCCC2CCCCO2)c(C(F)(F)F)c1. The van der Waals surface area contributed by atoms with Gasteiger partial charge in [-0.15, -0.1) is 0 Å². The summed E-state index contributed by atoms with van der Waals surface area (Å²) in [4.78, 5) is 0. The van der Waals surface area contributed by atoms with Crippen molar-refractivity contribution in [3.05, 3.63) is 35.1 Å². The van der Waals surface area contributed by atoms with E-state index < -0.39 is 17.6 Å². The van der Waals surface area contributed by atoms with Crippen molar-refractivity contribution in [2.24, 2.45) is 0 Å². The Labute approximate surface area is 121 Å². The average molecular weight is 305 g/mol. The van der Waals surface area contributed by atoms with Crippen LogP contribution in [0.3, 0.4) is 0 Å². The summed E-state index contributed by atoms with van der Waals surface area (Å²) >= 11 is 0. The molecular weight excluding hydrogens is 286 g/mol. The van der Waals surface area contributed by atoms with E-state index in [0.717, 1.165) is 38.4 Å². The topological polar surface area (TPSA) is 21.3 Å². The predicted molar refractivity (Wildman–Crippen MR) is 71.3 cm³/mol. The molecule has 118 valence electrons. The minimum Gasteiger partial charge on any atom is -0.378 e. The van der Waals surface area contributed by atoms with Gasteiger partial charge >= 0.3 is 6.18 Å². The molecule has 1 fully saturated rings. The first-order valence-corrected chi connectivity index (χ1v) is 7.15. The van der Waals surface area contributed by atoms with Crippen LogP contribution in [0, 0.1) is 5.82 Å². The summed E-state index contributed by atoms with van der Waals surface area (Å²) < 4.78 is 57.0. The smallest absolute Gasteiger partial charge is 0.378 e. The molecule has 1 unspecified atom stereocenters. The Bertz CT molecular complexity index is 455. The number of benzene rings is 1. The number of hydrogen-bond acceptors (Lipinski definition) is 2. The molecule has 2 nitrogen and oxygen atoms in total. The molecule has 0 spiro atoms. The summed E-state index contributed by atoms with van der Waals surface area (Å²) in [6.07, 6.45) is -0.336. The molecule has 1 aromatic rings. The summed E-state index contributed by atoms with van der Waals surface area (Å²) in [6, 6.07) is 2.78. The van der Waals surface area contributed by atoms with Crippen molar-refractivity contribution in [1.29, 1.82) is 0 Å². The largest absolute Gasteiger partial charge is 0.416 e. The summed E-state index contributed by atoms with van der Waals surface area (Å²) in [5, 5.41) is 2.98. The van der Waals surface area contributed by atoms with Crippen LogP contribution in [0.1, 0.15) is 36.8 Å². The highest BCUT2D eigenvalue weighted by molar-refractivity contribution is 5.30. The van der Waals surface area contributed by atoms with E-state index in [0.29, 0.717) is 12.6 Å². The van der Waals surface area contributed by atoms with E-state index in [-0.39, 0.29) is 18.2 Å². The van der Waals surface area contributed by atoms with Crippen LogP contribution < -0.4 is 5.32 Å². The highest BCUT2D eigenvalue weighted by Gasteiger charge is 2.33. The Morgan fingerprint density at radius 3 is 2.71 bits per heavy atom. The molecule has 0 saturated carbocycles. The fraction of sp³-hybridized carbons (Fsp3) is 0.600. The number of hydrogen-bond donors (Lipinski definition) is 1. The Morgan fingerprint density at radius 2 is 2.05 bits per heavy atom. The lowest BCUT2D eigenvalue weighted by Gasteiger charge is -2.22. The molecule has 0 aromatic heterocycles. The summed E-state index contributed by atoms with van der Waals surface area (Å²) in [6.45, 7) is 1.42. The van der Waals surface area contributed by atoms with Gasteiger partial charge in [0.2, 0.25) is 0 Å². The first kappa shape index (κ1) is 16.2. The molecular formula is C15H19F4NO. The summed E-state index contributed by atoms with van der Waals surface area (Å²) in [7, 11) is 0. The van der Waals surface area contributed by atoms with E-state index in [1.807, 2.05) is 0 Å². The maximum atomic E-state index is 13.0. The molecule has 21 heavy (non-hydrogen) atoms. The molecule has 0 amide bonds. The molecule has 0 bridgehead atoms. The number of ether oxygens (including phenoxy) is 1. The van der Waals surface area contributed by atoms with Crippen molar-refractivity contribution in [1.82, 2.24) is 5.32 Å². The Hall–Kier alpha value is -1.14. The van der Waals surface area contributed by atoms with E-state index >= 15 is 0 Å². The molecule has 1 saturated heterocycles. The lowest BCUT2D eigenvalue weighted by atomic mass is 10.1. The van der Waals surface area contributed by atoms with Crippen LogP contribution in [0.4, 0.5) is 17.6 Å². The van der Waals surface area contributed by atoms with E-state index in [9.17, 15) is 17.6 Å². The van der Waals surface area contributed by atoms with Crippen LogP contribution in [-0.4, -0.2) is 19.3 Å². The van der Waals surface area contributed by atoms with Gasteiger partial charge in [0.1, 0.15) is 5.82 Å². The number of alkyl halides is 3. The third kappa shape index (κ3) is 4.97. The van der Waals surface area contributed by atoms with Gasteiger partial charge in [-0.05, 0) is 49.9 Å². The predicted octanol–water partition coefficient (Wildman–Crippen LogP) is 3.89. The van der Waals surface area contributed by atoms with Crippen molar-refractivity contribution in [3.8, 4) is 0 Å². The van der Waals surface area contributed by atoms with Crippen molar-refractivity contribution in [2.45, 2.75) is 44.5 Å². The zero-order valence-electron chi connectivity index (χ0n) is 11.7. The Kier molecular flexibility index (Phi) is 5.58.